The standard InChI is InChI=1S/C17H16O2/c1-12-7-9-14-15(13-5-3-2-4-6-13)11-17(18)19-16(14)10-8-12/h2-10,14-15H,11H2,1H3. The van der Waals surface area contributed by atoms with Gasteiger partial charge in [-0.15, -0.1) is 0 Å². The van der Waals surface area contributed by atoms with E-state index in [-0.39, 0.29) is 17.8 Å². The molecule has 1 saturated heterocycles. The molecule has 96 valence electrons. The van der Waals surface area contributed by atoms with E-state index < -0.39 is 0 Å². The van der Waals surface area contributed by atoms with E-state index in [0.717, 1.165) is 5.76 Å². The molecule has 1 aromatic rings. The third kappa shape index (κ3) is 2.39. The molecule has 0 N–H and O–H groups in total. The molecule has 2 heteroatoms. The summed E-state index contributed by atoms with van der Waals surface area (Å²) in [6, 6.07) is 10.2. The summed E-state index contributed by atoms with van der Waals surface area (Å²) < 4.78 is 5.40. The van der Waals surface area contributed by atoms with Gasteiger partial charge in [-0.05, 0) is 18.6 Å². The van der Waals surface area contributed by atoms with Crippen LogP contribution >= 0.6 is 0 Å². The third-order valence-electron chi connectivity index (χ3n) is 3.68. The Bertz CT molecular complexity index is 579. The predicted molar refractivity (Wildman–Crippen MR) is 74.4 cm³/mol. The zero-order valence-electron chi connectivity index (χ0n) is 10.9. The number of carbonyl (C=O) groups is 1. The molecule has 19 heavy (non-hydrogen) atoms. The van der Waals surface area contributed by atoms with Crippen molar-refractivity contribution in [1.29, 1.82) is 0 Å². The van der Waals surface area contributed by atoms with Gasteiger partial charge in [-0.25, -0.2) is 0 Å². The second kappa shape index (κ2) is 4.88. The van der Waals surface area contributed by atoms with Gasteiger partial charge in [0, 0.05) is 11.8 Å². The van der Waals surface area contributed by atoms with Gasteiger partial charge in [-0.3, -0.25) is 4.79 Å². The quantitative estimate of drug-likeness (QED) is 0.712. The van der Waals surface area contributed by atoms with Crippen LogP contribution in [0.25, 0.3) is 0 Å². The smallest absolute Gasteiger partial charge is 0.311 e. The van der Waals surface area contributed by atoms with Crippen molar-refractivity contribution in [2.24, 2.45) is 5.92 Å². The molecule has 2 unspecified atom stereocenters. The first-order valence-corrected chi connectivity index (χ1v) is 6.56. The van der Waals surface area contributed by atoms with Crippen LogP contribution in [0.1, 0.15) is 24.8 Å². The van der Waals surface area contributed by atoms with Gasteiger partial charge in [0.15, 0.2) is 0 Å². The van der Waals surface area contributed by atoms with E-state index in [2.05, 4.69) is 24.3 Å². The number of allylic oxidation sites excluding steroid dienone is 5. The van der Waals surface area contributed by atoms with Crippen molar-refractivity contribution in [3.05, 3.63) is 71.5 Å². The molecule has 0 amide bonds. The van der Waals surface area contributed by atoms with Gasteiger partial charge >= 0.3 is 5.97 Å². The summed E-state index contributed by atoms with van der Waals surface area (Å²) in [6.07, 6.45) is 8.60. The van der Waals surface area contributed by atoms with E-state index in [0.29, 0.717) is 6.42 Å². The van der Waals surface area contributed by atoms with E-state index in [1.54, 1.807) is 0 Å². The summed E-state index contributed by atoms with van der Waals surface area (Å²) in [4.78, 5) is 11.8. The Morgan fingerprint density at radius 2 is 1.95 bits per heavy atom. The number of carbonyl (C=O) groups excluding carboxylic acids is 1. The molecule has 2 atom stereocenters. The maximum absolute atomic E-state index is 11.8. The highest BCUT2D eigenvalue weighted by Gasteiger charge is 2.34. The molecule has 0 spiro atoms. The minimum atomic E-state index is -0.141. The molecular formula is C17H16O2. The Morgan fingerprint density at radius 3 is 2.74 bits per heavy atom. The van der Waals surface area contributed by atoms with E-state index >= 15 is 0 Å². The summed E-state index contributed by atoms with van der Waals surface area (Å²) in [5.41, 5.74) is 2.36. The SMILES string of the molecule is CC1=CC=C2OC(=O)CC(c3ccccc3)C2C=C1. The Hall–Kier alpha value is -2.09. The Morgan fingerprint density at radius 1 is 1.16 bits per heavy atom. The number of rotatable bonds is 1. The normalized spacial score (nSPS) is 25.8. The summed E-state index contributed by atoms with van der Waals surface area (Å²) in [5.74, 6) is 0.939. The molecule has 2 aliphatic rings. The van der Waals surface area contributed by atoms with E-state index in [9.17, 15) is 4.79 Å². The van der Waals surface area contributed by atoms with Gasteiger partial charge in [-0.2, -0.15) is 0 Å². The lowest BCUT2D eigenvalue weighted by Gasteiger charge is -2.30. The topological polar surface area (TPSA) is 26.3 Å². The fraction of sp³-hybridized carbons (Fsp3) is 0.235. The average molecular weight is 252 g/mol. The van der Waals surface area contributed by atoms with Gasteiger partial charge in [0.25, 0.3) is 0 Å². The number of hydrogen-bond acceptors (Lipinski definition) is 2. The molecule has 1 aliphatic heterocycles. The molecule has 1 aromatic carbocycles. The average Bonchev–Trinajstić information content (AvgIpc) is 2.61. The van der Waals surface area contributed by atoms with Crippen molar-refractivity contribution in [1.82, 2.24) is 0 Å². The van der Waals surface area contributed by atoms with Crippen molar-refractivity contribution in [3.63, 3.8) is 0 Å². The van der Waals surface area contributed by atoms with Gasteiger partial charge in [-0.1, -0.05) is 54.1 Å². The van der Waals surface area contributed by atoms with E-state index in [1.807, 2.05) is 37.3 Å². The number of ether oxygens (including phenoxy) is 1. The minimum absolute atomic E-state index is 0.141. The molecule has 1 heterocycles. The number of hydrogen-bond donors (Lipinski definition) is 0. The molecule has 1 aliphatic carbocycles. The highest BCUT2D eigenvalue weighted by Crippen LogP contribution is 2.40. The van der Waals surface area contributed by atoms with Crippen LogP contribution in [0.5, 0.6) is 0 Å². The Labute approximate surface area is 113 Å². The summed E-state index contributed by atoms with van der Waals surface area (Å²) in [5, 5.41) is 0. The van der Waals surface area contributed by atoms with Crippen LogP contribution in [-0.4, -0.2) is 5.97 Å². The Balaban J connectivity index is 2.01. The van der Waals surface area contributed by atoms with Crippen molar-refractivity contribution >= 4 is 5.97 Å². The predicted octanol–water partition coefficient (Wildman–Crippen LogP) is 3.73. The number of benzene rings is 1. The van der Waals surface area contributed by atoms with Crippen molar-refractivity contribution in [2.75, 3.05) is 0 Å². The lowest BCUT2D eigenvalue weighted by molar-refractivity contribution is -0.143. The molecule has 0 bridgehead atoms. The van der Waals surface area contributed by atoms with Crippen LogP contribution in [0.4, 0.5) is 0 Å². The number of esters is 1. The Kier molecular flexibility index (Phi) is 3.08. The van der Waals surface area contributed by atoms with Gasteiger partial charge in [0.1, 0.15) is 5.76 Å². The lowest BCUT2D eigenvalue weighted by Crippen LogP contribution is -2.26. The molecule has 3 rings (SSSR count). The van der Waals surface area contributed by atoms with E-state index in [1.165, 1.54) is 11.1 Å². The molecule has 0 saturated carbocycles. The van der Waals surface area contributed by atoms with Gasteiger partial charge < -0.3 is 4.74 Å². The van der Waals surface area contributed by atoms with Crippen molar-refractivity contribution < 1.29 is 9.53 Å². The van der Waals surface area contributed by atoms with Crippen LogP contribution in [0.3, 0.4) is 0 Å². The lowest BCUT2D eigenvalue weighted by atomic mass is 9.80. The molecule has 2 nitrogen and oxygen atoms in total. The highest BCUT2D eigenvalue weighted by molar-refractivity contribution is 5.74. The molecular weight excluding hydrogens is 236 g/mol. The summed E-state index contributed by atoms with van der Waals surface area (Å²) >= 11 is 0. The summed E-state index contributed by atoms with van der Waals surface area (Å²) in [7, 11) is 0. The zero-order chi connectivity index (χ0) is 13.2. The first-order valence-electron chi connectivity index (χ1n) is 6.56. The van der Waals surface area contributed by atoms with Crippen molar-refractivity contribution in [3.8, 4) is 0 Å². The monoisotopic (exact) mass is 252 g/mol. The molecule has 0 aromatic heterocycles. The zero-order valence-corrected chi connectivity index (χ0v) is 10.9. The largest absolute Gasteiger partial charge is 0.430 e. The highest BCUT2D eigenvalue weighted by atomic mass is 16.5. The maximum Gasteiger partial charge on any atom is 0.311 e. The van der Waals surface area contributed by atoms with Gasteiger partial charge in [0.2, 0.25) is 0 Å². The van der Waals surface area contributed by atoms with Crippen molar-refractivity contribution in [2.45, 2.75) is 19.3 Å². The van der Waals surface area contributed by atoms with Gasteiger partial charge in [0.05, 0.1) is 6.42 Å². The van der Waals surface area contributed by atoms with Crippen LogP contribution in [0.2, 0.25) is 0 Å². The van der Waals surface area contributed by atoms with E-state index in [4.69, 9.17) is 4.74 Å². The first kappa shape index (κ1) is 12.0. The summed E-state index contributed by atoms with van der Waals surface area (Å²) in [6.45, 7) is 2.05. The first-order chi connectivity index (χ1) is 9.24. The molecule has 1 fully saturated rings. The second-order valence-corrected chi connectivity index (χ2v) is 5.06. The second-order valence-electron chi connectivity index (χ2n) is 5.06. The van der Waals surface area contributed by atoms with Crippen LogP contribution in [0, 0.1) is 5.92 Å². The maximum atomic E-state index is 11.8. The van der Waals surface area contributed by atoms with Crippen LogP contribution in [-0.2, 0) is 9.53 Å². The van der Waals surface area contributed by atoms with Crippen LogP contribution < -0.4 is 0 Å². The number of fused-ring (bicyclic) bond motifs is 1. The van der Waals surface area contributed by atoms with Crippen LogP contribution in [0.15, 0.2) is 66.0 Å². The fourth-order valence-corrected chi connectivity index (χ4v) is 2.67. The third-order valence-corrected chi connectivity index (χ3v) is 3.68. The fourth-order valence-electron chi connectivity index (χ4n) is 2.67. The minimum Gasteiger partial charge on any atom is -0.430 e. The molecule has 0 radical (unpaired) electrons.